The molecular weight excluding hydrogens is 240 g/mol. The van der Waals surface area contributed by atoms with Crippen LogP contribution in [0.3, 0.4) is 0 Å². The van der Waals surface area contributed by atoms with Gasteiger partial charge >= 0.3 is 17.9 Å². The Balaban J connectivity index is 2.76. The maximum Gasteiger partial charge on any atom is 0.317 e. The van der Waals surface area contributed by atoms with E-state index in [-0.39, 0.29) is 0 Å². The average Bonchev–Trinajstić information content (AvgIpc) is 2.27. The van der Waals surface area contributed by atoms with Gasteiger partial charge in [-0.05, 0) is 5.56 Å². The van der Waals surface area contributed by atoms with Crippen molar-refractivity contribution in [3.63, 3.8) is 0 Å². The number of ether oxygens (including phenoxy) is 1. The van der Waals surface area contributed by atoms with Crippen molar-refractivity contribution in [2.75, 3.05) is 0 Å². The second kappa shape index (κ2) is 6.39. The molecule has 0 spiro atoms. The second-order valence-corrected chi connectivity index (χ2v) is 3.56. The van der Waals surface area contributed by atoms with Crippen LogP contribution in [0, 0.1) is 0 Å². The monoisotopic (exact) mass is 252 g/mol. The quantitative estimate of drug-likeness (QED) is 0.583. The molecule has 2 N–H and O–H groups in total. The lowest BCUT2D eigenvalue weighted by Crippen LogP contribution is -2.17. The lowest BCUT2D eigenvalue weighted by Gasteiger charge is -2.15. The maximum atomic E-state index is 11.2. The van der Waals surface area contributed by atoms with Gasteiger partial charge in [-0.15, -0.1) is 0 Å². The Kier molecular flexibility index (Phi) is 4.86. The molecule has 0 aliphatic rings. The van der Waals surface area contributed by atoms with Gasteiger partial charge in [0, 0.05) is 0 Å². The molecule has 6 nitrogen and oxygen atoms in total. The SMILES string of the molecule is O=C(O)CC(=O)OC(CC(=O)O)c1ccccc1. The molecule has 0 fully saturated rings. The van der Waals surface area contributed by atoms with E-state index in [1.54, 1.807) is 30.3 Å². The van der Waals surface area contributed by atoms with Crippen LogP contribution >= 0.6 is 0 Å². The van der Waals surface area contributed by atoms with Crippen LogP contribution in [-0.2, 0) is 19.1 Å². The molecule has 1 atom stereocenters. The minimum Gasteiger partial charge on any atom is -0.481 e. The molecule has 0 aromatic heterocycles. The third-order valence-electron chi connectivity index (χ3n) is 2.10. The van der Waals surface area contributed by atoms with E-state index in [1.165, 1.54) is 0 Å². The van der Waals surface area contributed by atoms with Crippen LogP contribution in [0.2, 0.25) is 0 Å². The number of rotatable bonds is 6. The van der Waals surface area contributed by atoms with Gasteiger partial charge in [0.05, 0.1) is 6.42 Å². The average molecular weight is 252 g/mol. The number of hydrogen-bond donors (Lipinski definition) is 2. The fourth-order valence-electron chi connectivity index (χ4n) is 1.38. The minimum atomic E-state index is -1.32. The van der Waals surface area contributed by atoms with Crippen molar-refractivity contribution in [2.45, 2.75) is 18.9 Å². The van der Waals surface area contributed by atoms with E-state index in [1.807, 2.05) is 0 Å². The molecule has 6 heteroatoms. The van der Waals surface area contributed by atoms with Crippen molar-refractivity contribution < 1.29 is 29.3 Å². The van der Waals surface area contributed by atoms with Gasteiger partial charge in [-0.3, -0.25) is 14.4 Å². The molecular formula is C12H12O6. The fraction of sp³-hybridized carbons (Fsp3) is 0.250. The number of esters is 1. The Morgan fingerprint density at radius 3 is 2.17 bits per heavy atom. The van der Waals surface area contributed by atoms with Crippen molar-refractivity contribution in [1.82, 2.24) is 0 Å². The van der Waals surface area contributed by atoms with Crippen LogP contribution in [0.4, 0.5) is 0 Å². The van der Waals surface area contributed by atoms with Gasteiger partial charge < -0.3 is 14.9 Å². The highest BCUT2D eigenvalue weighted by molar-refractivity contribution is 5.90. The zero-order valence-corrected chi connectivity index (χ0v) is 9.41. The van der Waals surface area contributed by atoms with Crippen LogP contribution in [0.5, 0.6) is 0 Å². The summed E-state index contributed by atoms with van der Waals surface area (Å²) in [5, 5.41) is 17.2. The first-order valence-electron chi connectivity index (χ1n) is 5.17. The molecule has 1 unspecified atom stereocenters. The van der Waals surface area contributed by atoms with Gasteiger partial charge in [0.2, 0.25) is 0 Å². The molecule has 96 valence electrons. The molecule has 0 saturated carbocycles. The Labute approximate surface area is 103 Å². The first-order chi connectivity index (χ1) is 8.49. The zero-order valence-electron chi connectivity index (χ0n) is 9.41. The summed E-state index contributed by atoms with van der Waals surface area (Å²) in [6.45, 7) is 0. The van der Waals surface area contributed by atoms with Crippen molar-refractivity contribution in [1.29, 1.82) is 0 Å². The van der Waals surface area contributed by atoms with Crippen LogP contribution in [0.25, 0.3) is 0 Å². The van der Waals surface area contributed by atoms with E-state index in [0.29, 0.717) is 5.56 Å². The summed E-state index contributed by atoms with van der Waals surface area (Å²) in [7, 11) is 0. The van der Waals surface area contributed by atoms with Crippen molar-refractivity contribution in [2.24, 2.45) is 0 Å². The Morgan fingerprint density at radius 2 is 1.67 bits per heavy atom. The largest absolute Gasteiger partial charge is 0.481 e. The Hall–Kier alpha value is -2.37. The predicted molar refractivity (Wildman–Crippen MR) is 59.8 cm³/mol. The summed E-state index contributed by atoms with van der Waals surface area (Å²) in [4.78, 5) is 32.2. The Bertz CT molecular complexity index is 439. The standard InChI is InChI=1S/C12H12O6/c13-10(14)6-9(8-4-2-1-3-5-8)18-12(17)7-11(15)16/h1-5,9H,6-7H2,(H,13,14)(H,15,16). The molecule has 18 heavy (non-hydrogen) atoms. The van der Waals surface area contributed by atoms with Crippen molar-refractivity contribution in [3.05, 3.63) is 35.9 Å². The van der Waals surface area contributed by atoms with Crippen LogP contribution in [0.1, 0.15) is 24.5 Å². The van der Waals surface area contributed by atoms with E-state index in [9.17, 15) is 14.4 Å². The number of carboxylic acid groups (broad SMARTS) is 2. The van der Waals surface area contributed by atoms with Crippen LogP contribution in [-0.4, -0.2) is 28.1 Å². The summed E-state index contributed by atoms with van der Waals surface area (Å²) in [6, 6.07) is 8.31. The highest BCUT2D eigenvalue weighted by Gasteiger charge is 2.21. The molecule has 0 aliphatic heterocycles. The molecule has 0 aliphatic carbocycles. The normalized spacial score (nSPS) is 11.6. The molecule has 0 saturated heterocycles. The lowest BCUT2D eigenvalue weighted by molar-refractivity contribution is -0.157. The third-order valence-corrected chi connectivity index (χ3v) is 2.10. The first-order valence-corrected chi connectivity index (χ1v) is 5.17. The van der Waals surface area contributed by atoms with E-state index in [4.69, 9.17) is 14.9 Å². The smallest absolute Gasteiger partial charge is 0.317 e. The molecule has 0 amide bonds. The van der Waals surface area contributed by atoms with Crippen LogP contribution < -0.4 is 0 Å². The summed E-state index contributed by atoms with van der Waals surface area (Å²) >= 11 is 0. The van der Waals surface area contributed by atoms with E-state index < -0.39 is 36.9 Å². The number of carbonyl (C=O) groups excluding carboxylic acids is 1. The summed E-state index contributed by atoms with van der Waals surface area (Å²) in [5.74, 6) is -3.41. The Morgan fingerprint density at radius 1 is 1.06 bits per heavy atom. The highest BCUT2D eigenvalue weighted by atomic mass is 16.5. The van der Waals surface area contributed by atoms with Gasteiger partial charge in [0.1, 0.15) is 12.5 Å². The first kappa shape index (κ1) is 13.7. The van der Waals surface area contributed by atoms with Gasteiger partial charge in [-0.2, -0.15) is 0 Å². The molecule has 1 aromatic rings. The number of hydrogen-bond acceptors (Lipinski definition) is 4. The summed E-state index contributed by atoms with van der Waals surface area (Å²) < 4.78 is 4.86. The van der Waals surface area contributed by atoms with Gasteiger partial charge in [0.25, 0.3) is 0 Å². The molecule has 0 heterocycles. The summed E-state index contributed by atoms with van der Waals surface area (Å²) in [5.41, 5.74) is 0.513. The van der Waals surface area contributed by atoms with E-state index in [2.05, 4.69) is 0 Å². The van der Waals surface area contributed by atoms with Crippen molar-refractivity contribution >= 4 is 17.9 Å². The van der Waals surface area contributed by atoms with E-state index >= 15 is 0 Å². The topological polar surface area (TPSA) is 101 Å². The number of carbonyl (C=O) groups is 3. The number of carboxylic acids is 2. The number of aliphatic carboxylic acids is 2. The minimum absolute atomic E-state index is 0.407. The zero-order chi connectivity index (χ0) is 13.5. The maximum absolute atomic E-state index is 11.2. The lowest BCUT2D eigenvalue weighted by atomic mass is 10.1. The fourth-order valence-corrected chi connectivity index (χ4v) is 1.38. The van der Waals surface area contributed by atoms with Gasteiger partial charge in [-0.1, -0.05) is 30.3 Å². The highest BCUT2D eigenvalue weighted by Crippen LogP contribution is 2.21. The van der Waals surface area contributed by atoms with Crippen LogP contribution in [0.15, 0.2) is 30.3 Å². The summed E-state index contributed by atoms with van der Waals surface area (Å²) in [6.07, 6.45) is -2.17. The molecule has 1 rings (SSSR count). The number of benzene rings is 1. The van der Waals surface area contributed by atoms with Gasteiger partial charge in [-0.25, -0.2) is 0 Å². The van der Waals surface area contributed by atoms with E-state index in [0.717, 1.165) is 0 Å². The predicted octanol–water partition coefficient (Wildman–Crippen LogP) is 1.22. The second-order valence-electron chi connectivity index (χ2n) is 3.56. The third kappa shape index (κ3) is 4.65. The molecule has 0 bridgehead atoms. The van der Waals surface area contributed by atoms with Crippen molar-refractivity contribution in [3.8, 4) is 0 Å². The van der Waals surface area contributed by atoms with Gasteiger partial charge in [0.15, 0.2) is 0 Å². The molecule has 1 aromatic carbocycles. The molecule has 0 radical (unpaired) electrons.